The molecular formula is C25H36N4O4. The van der Waals surface area contributed by atoms with Crippen molar-refractivity contribution in [2.75, 3.05) is 45.8 Å². The fourth-order valence-electron chi connectivity index (χ4n) is 4.87. The minimum atomic E-state index is 0.116. The summed E-state index contributed by atoms with van der Waals surface area (Å²) >= 11 is 0. The second kappa shape index (κ2) is 10.5. The van der Waals surface area contributed by atoms with Crippen LogP contribution in [0.3, 0.4) is 0 Å². The standard InChI is InChI=1S/C25H36N4O4/c1-17-13-21(6-5-19(17)15-24(30)28(2)3)32-12-9-20-14-22(20)18-7-10-29(11-8-18)25-26-23(16-31-4)27-33-25/h5-6,13,18,20,22H,7-12,14-16H2,1-4H3/t20-,22?/m1/s1. The molecule has 2 fully saturated rings. The largest absolute Gasteiger partial charge is 0.494 e. The van der Waals surface area contributed by atoms with Gasteiger partial charge in [0.2, 0.25) is 5.91 Å². The van der Waals surface area contributed by atoms with Crippen molar-refractivity contribution >= 4 is 11.9 Å². The summed E-state index contributed by atoms with van der Waals surface area (Å²) in [6, 6.07) is 6.67. The number of aromatic nitrogens is 2. The molecule has 0 radical (unpaired) electrons. The molecule has 1 aliphatic heterocycles. The number of amides is 1. The highest BCUT2D eigenvalue weighted by atomic mass is 16.5. The smallest absolute Gasteiger partial charge is 0.324 e. The van der Waals surface area contributed by atoms with Gasteiger partial charge in [-0.25, -0.2) is 0 Å². The van der Waals surface area contributed by atoms with Crippen molar-refractivity contribution in [2.45, 2.75) is 45.6 Å². The number of ether oxygens (including phenoxy) is 2. The van der Waals surface area contributed by atoms with Crippen LogP contribution in [0.1, 0.15) is 42.6 Å². The maximum Gasteiger partial charge on any atom is 0.324 e. The van der Waals surface area contributed by atoms with Gasteiger partial charge in [-0.3, -0.25) is 4.79 Å². The van der Waals surface area contributed by atoms with Crippen LogP contribution in [0.15, 0.2) is 22.7 Å². The number of nitrogens with zero attached hydrogens (tertiary/aromatic N) is 4. The molecule has 1 saturated heterocycles. The predicted octanol–water partition coefficient (Wildman–Crippen LogP) is 3.48. The summed E-state index contributed by atoms with van der Waals surface area (Å²) in [4.78, 5) is 20.2. The average Bonchev–Trinajstić information content (AvgIpc) is 3.42. The van der Waals surface area contributed by atoms with Crippen LogP contribution in [-0.2, 0) is 22.6 Å². The Morgan fingerprint density at radius 3 is 2.76 bits per heavy atom. The van der Waals surface area contributed by atoms with Crippen molar-refractivity contribution in [3.05, 3.63) is 35.2 Å². The highest BCUT2D eigenvalue weighted by Crippen LogP contribution is 2.50. The first kappa shape index (κ1) is 23.5. The number of benzene rings is 1. The molecule has 1 aliphatic carbocycles. The van der Waals surface area contributed by atoms with Gasteiger partial charge in [-0.05, 0) is 73.6 Å². The molecule has 4 rings (SSSR count). The molecule has 0 spiro atoms. The third kappa shape index (κ3) is 6.05. The van der Waals surface area contributed by atoms with Crippen LogP contribution in [0.2, 0.25) is 0 Å². The van der Waals surface area contributed by atoms with Gasteiger partial charge < -0.3 is 23.8 Å². The summed E-state index contributed by atoms with van der Waals surface area (Å²) in [7, 11) is 5.21. The van der Waals surface area contributed by atoms with Gasteiger partial charge in [0.05, 0.1) is 13.0 Å². The van der Waals surface area contributed by atoms with E-state index in [4.69, 9.17) is 14.0 Å². The van der Waals surface area contributed by atoms with Gasteiger partial charge in [-0.15, -0.1) is 0 Å². The highest BCUT2D eigenvalue weighted by molar-refractivity contribution is 5.78. The van der Waals surface area contributed by atoms with E-state index in [2.05, 4.69) is 15.0 Å². The zero-order valence-corrected chi connectivity index (χ0v) is 20.2. The Morgan fingerprint density at radius 2 is 2.06 bits per heavy atom. The second-order valence-corrected chi connectivity index (χ2v) is 9.60. The van der Waals surface area contributed by atoms with E-state index in [0.29, 0.717) is 24.9 Å². The summed E-state index contributed by atoms with van der Waals surface area (Å²) in [5, 5.41) is 3.96. The van der Waals surface area contributed by atoms with Crippen LogP contribution >= 0.6 is 0 Å². The van der Waals surface area contributed by atoms with E-state index in [-0.39, 0.29) is 5.91 Å². The molecule has 0 N–H and O–H groups in total. The topological polar surface area (TPSA) is 80.9 Å². The molecule has 1 aromatic carbocycles. The number of carbonyl (C=O) groups excluding carboxylic acids is 1. The first-order valence-corrected chi connectivity index (χ1v) is 11.9. The maximum atomic E-state index is 12.0. The number of aryl methyl sites for hydroxylation is 1. The number of rotatable bonds is 10. The van der Waals surface area contributed by atoms with E-state index in [9.17, 15) is 4.79 Å². The SMILES string of the molecule is COCc1noc(N2CCC(C3C[C@H]3CCOc3ccc(CC(=O)N(C)C)c(C)c3)CC2)n1. The first-order valence-electron chi connectivity index (χ1n) is 11.9. The molecule has 2 aliphatic rings. The van der Waals surface area contributed by atoms with Gasteiger partial charge in [0.15, 0.2) is 5.82 Å². The van der Waals surface area contributed by atoms with Gasteiger partial charge in [-0.1, -0.05) is 11.2 Å². The molecule has 1 saturated carbocycles. The predicted molar refractivity (Wildman–Crippen MR) is 125 cm³/mol. The van der Waals surface area contributed by atoms with Crippen LogP contribution in [-0.4, -0.2) is 61.8 Å². The Labute approximate surface area is 196 Å². The Hall–Kier alpha value is -2.61. The Morgan fingerprint density at radius 1 is 1.27 bits per heavy atom. The number of methoxy groups -OCH3 is 1. The quantitative estimate of drug-likeness (QED) is 0.541. The Balaban J connectivity index is 1.16. The van der Waals surface area contributed by atoms with E-state index in [1.54, 1.807) is 26.1 Å². The van der Waals surface area contributed by atoms with Crippen LogP contribution in [0, 0.1) is 24.7 Å². The third-order valence-corrected chi connectivity index (χ3v) is 7.04. The molecule has 2 heterocycles. The average molecular weight is 457 g/mol. The lowest BCUT2D eigenvalue weighted by Gasteiger charge is -2.30. The number of hydrogen-bond acceptors (Lipinski definition) is 7. The second-order valence-electron chi connectivity index (χ2n) is 9.60. The van der Waals surface area contributed by atoms with Crippen LogP contribution in [0.25, 0.3) is 0 Å². The molecule has 33 heavy (non-hydrogen) atoms. The van der Waals surface area contributed by atoms with E-state index in [1.165, 1.54) is 19.3 Å². The van der Waals surface area contributed by atoms with Crippen molar-refractivity contribution in [2.24, 2.45) is 17.8 Å². The lowest BCUT2D eigenvalue weighted by molar-refractivity contribution is -0.127. The normalized spacial score (nSPS) is 20.7. The van der Waals surface area contributed by atoms with E-state index in [1.807, 2.05) is 25.1 Å². The van der Waals surface area contributed by atoms with Crippen molar-refractivity contribution < 1.29 is 18.8 Å². The molecular weight excluding hydrogens is 420 g/mol. The number of anilines is 1. The lowest BCUT2D eigenvalue weighted by Crippen LogP contribution is -2.34. The molecule has 2 atom stereocenters. The van der Waals surface area contributed by atoms with Crippen molar-refractivity contribution in [3.8, 4) is 5.75 Å². The van der Waals surface area contributed by atoms with Crippen LogP contribution < -0.4 is 9.64 Å². The van der Waals surface area contributed by atoms with Crippen molar-refractivity contribution in [3.63, 3.8) is 0 Å². The number of carbonyl (C=O) groups is 1. The van der Waals surface area contributed by atoms with Crippen molar-refractivity contribution in [1.82, 2.24) is 15.0 Å². The number of likely N-dealkylation sites (N-methyl/N-ethyl adjacent to an activating group) is 1. The summed E-state index contributed by atoms with van der Waals surface area (Å²) in [5.41, 5.74) is 2.17. The lowest BCUT2D eigenvalue weighted by atomic mass is 9.90. The summed E-state index contributed by atoms with van der Waals surface area (Å²) in [6.07, 6.45) is 5.21. The molecule has 1 amide bonds. The molecule has 2 aromatic rings. The molecule has 1 aromatic heterocycles. The molecule has 1 unspecified atom stereocenters. The van der Waals surface area contributed by atoms with Gasteiger partial charge in [-0.2, -0.15) is 4.98 Å². The fraction of sp³-hybridized carbons (Fsp3) is 0.640. The van der Waals surface area contributed by atoms with Crippen molar-refractivity contribution in [1.29, 1.82) is 0 Å². The minimum absolute atomic E-state index is 0.116. The molecule has 0 bridgehead atoms. The van der Waals surface area contributed by atoms with Gasteiger partial charge in [0, 0.05) is 34.3 Å². The fourth-order valence-corrected chi connectivity index (χ4v) is 4.87. The zero-order chi connectivity index (χ0) is 23.4. The first-order chi connectivity index (χ1) is 15.9. The minimum Gasteiger partial charge on any atom is -0.494 e. The Bertz CT molecular complexity index is 936. The van der Waals surface area contributed by atoms with Crippen LogP contribution in [0.4, 0.5) is 6.01 Å². The summed E-state index contributed by atoms with van der Waals surface area (Å²) in [6.45, 7) is 5.12. The zero-order valence-electron chi connectivity index (χ0n) is 20.2. The summed E-state index contributed by atoms with van der Waals surface area (Å²) in [5.74, 6) is 3.99. The van der Waals surface area contributed by atoms with Gasteiger partial charge >= 0.3 is 6.01 Å². The number of piperidine rings is 1. The maximum absolute atomic E-state index is 12.0. The van der Waals surface area contributed by atoms with E-state index < -0.39 is 0 Å². The van der Waals surface area contributed by atoms with Gasteiger partial charge in [0.1, 0.15) is 12.4 Å². The molecule has 8 nitrogen and oxygen atoms in total. The monoisotopic (exact) mass is 456 g/mol. The van der Waals surface area contributed by atoms with E-state index >= 15 is 0 Å². The third-order valence-electron chi connectivity index (χ3n) is 7.04. The number of hydrogen-bond donors (Lipinski definition) is 0. The Kier molecular flexibility index (Phi) is 7.53. The van der Waals surface area contributed by atoms with Crippen LogP contribution in [0.5, 0.6) is 5.75 Å². The molecule has 180 valence electrons. The van der Waals surface area contributed by atoms with E-state index in [0.717, 1.165) is 60.7 Å². The summed E-state index contributed by atoms with van der Waals surface area (Å²) < 4.78 is 16.5. The van der Waals surface area contributed by atoms with Gasteiger partial charge in [0.25, 0.3) is 0 Å². The highest BCUT2D eigenvalue weighted by Gasteiger charge is 2.43. The molecule has 8 heteroatoms.